The monoisotopic (exact) mass is 286 g/mol. The summed E-state index contributed by atoms with van der Waals surface area (Å²) < 4.78 is 10.7. The molecule has 0 aliphatic rings. The lowest BCUT2D eigenvalue weighted by Crippen LogP contribution is -2.02. The lowest BCUT2D eigenvalue weighted by Gasteiger charge is -2.11. The summed E-state index contributed by atoms with van der Waals surface area (Å²) in [5, 5.41) is 10.9. The van der Waals surface area contributed by atoms with Gasteiger partial charge in [-0.15, -0.1) is 0 Å². The quantitative estimate of drug-likeness (QED) is 0.626. The fourth-order valence-corrected chi connectivity index (χ4v) is 2.11. The van der Waals surface area contributed by atoms with Crippen LogP contribution in [0.5, 0.6) is 5.75 Å². The van der Waals surface area contributed by atoms with Crippen LogP contribution in [0, 0.1) is 0 Å². The van der Waals surface area contributed by atoms with Gasteiger partial charge in [0.25, 0.3) is 0 Å². The molecule has 110 valence electrons. The Morgan fingerprint density at radius 3 is 2.76 bits per heavy atom. The lowest BCUT2D eigenvalue weighted by molar-refractivity contribution is -0.131. The van der Waals surface area contributed by atoms with Gasteiger partial charge < -0.3 is 14.6 Å². The first-order valence-electron chi connectivity index (χ1n) is 6.77. The number of rotatable bonds is 7. The van der Waals surface area contributed by atoms with E-state index in [1.165, 1.54) is 0 Å². The minimum Gasteiger partial charge on any atom is -0.493 e. The fourth-order valence-electron chi connectivity index (χ4n) is 2.11. The molecule has 21 heavy (non-hydrogen) atoms. The number of hydrogen-bond donors (Lipinski definition) is 1. The van der Waals surface area contributed by atoms with E-state index in [-0.39, 0.29) is 0 Å². The number of carbonyl (C=O) groups is 1. The normalized spacial score (nSPS) is 11.1. The largest absolute Gasteiger partial charge is 0.493 e. The summed E-state index contributed by atoms with van der Waals surface area (Å²) in [4.78, 5) is 10.8. The van der Waals surface area contributed by atoms with Crippen LogP contribution in [-0.4, -0.2) is 31.4 Å². The third-order valence-corrected chi connectivity index (χ3v) is 3.07. The molecule has 2 aromatic carbocycles. The van der Waals surface area contributed by atoms with Gasteiger partial charge in [-0.25, -0.2) is 4.79 Å². The molecule has 0 aromatic heterocycles. The molecular formula is C17H18O4. The van der Waals surface area contributed by atoms with E-state index >= 15 is 0 Å². The average molecular weight is 286 g/mol. The van der Waals surface area contributed by atoms with E-state index in [4.69, 9.17) is 14.6 Å². The Labute approximate surface area is 123 Å². The topological polar surface area (TPSA) is 55.8 Å². The molecule has 0 fully saturated rings. The number of hydrogen-bond acceptors (Lipinski definition) is 3. The number of ether oxygens (including phenoxy) is 2. The Morgan fingerprint density at radius 1 is 1.19 bits per heavy atom. The second kappa shape index (κ2) is 7.45. The van der Waals surface area contributed by atoms with Crippen molar-refractivity contribution in [2.75, 3.05) is 20.3 Å². The van der Waals surface area contributed by atoms with Crippen LogP contribution >= 0.6 is 0 Å². The number of benzene rings is 2. The number of aliphatic carboxylic acids is 1. The molecule has 1 N–H and O–H groups in total. The fraction of sp³-hybridized carbons (Fsp3) is 0.235. The predicted octanol–water partition coefficient (Wildman–Crippen LogP) is 3.35. The van der Waals surface area contributed by atoms with E-state index in [0.717, 1.165) is 28.8 Å². The van der Waals surface area contributed by atoms with E-state index in [9.17, 15) is 4.79 Å². The summed E-state index contributed by atoms with van der Waals surface area (Å²) >= 11 is 0. The minimum absolute atomic E-state index is 0.528. The Morgan fingerprint density at radius 2 is 2.00 bits per heavy atom. The van der Waals surface area contributed by atoms with Crippen molar-refractivity contribution >= 4 is 22.8 Å². The van der Waals surface area contributed by atoms with Gasteiger partial charge in [-0.05, 0) is 22.9 Å². The number of fused-ring (bicyclic) bond motifs is 1. The Hall–Kier alpha value is -2.33. The second-order valence-electron chi connectivity index (χ2n) is 4.56. The molecule has 0 bridgehead atoms. The van der Waals surface area contributed by atoms with Crippen molar-refractivity contribution < 1.29 is 19.4 Å². The number of carboxylic acid groups (broad SMARTS) is 1. The highest BCUT2D eigenvalue weighted by Crippen LogP contribution is 2.29. The number of methoxy groups -OCH3 is 1. The van der Waals surface area contributed by atoms with Crippen molar-refractivity contribution in [1.29, 1.82) is 0 Å². The van der Waals surface area contributed by atoms with Gasteiger partial charge in [-0.1, -0.05) is 30.3 Å². The predicted molar refractivity (Wildman–Crippen MR) is 82.6 cm³/mol. The molecule has 0 heterocycles. The zero-order chi connectivity index (χ0) is 15.1. The van der Waals surface area contributed by atoms with Crippen LogP contribution in [0.2, 0.25) is 0 Å². The van der Waals surface area contributed by atoms with Gasteiger partial charge in [0.1, 0.15) is 5.75 Å². The zero-order valence-corrected chi connectivity index (χ0v) is 11.9. The summed E-state index contributed by atoms with van der Waals surface area (Å²) in [5.74, 6) is -0.296. The zero-order valence-electron chi connectivity index (χ0n) is 11.9. The first-order chi connectivity index (χ1) is 10.2. The summed E-state index contributed by atoms with van der Waals surface area (Å²) in [5.41, 5.74) is 0.785. The summed E-state index contributed by atoms with van der Waals surface area (Å²) in [6.45, 7) is 1.16. The van der Waals surface area contributed by atoms with Gasteiger partial charge in [0.05, 0.1) is 6.61 Å². The van der Waals surface area contributed by atoms with E-state index < -0.39 is 5.97 Å². The highest BCUT2D eigenvalue weighted by molar-refractivity contribution is 5.96. The van der Waals surface area contributed by atoms with Crippen LogP contribution in [0.25, 0.3) is 16.8 Å². The molecule has 0 amide bonds. The molecule has 0 atom stereocenters. The first kappa shape index (κ1) is 15.1. The van der Waals surface area contributed by atoms with Crippen LogP contribution in [-0.2, 0) is 9.53 Å². The van der Waals surface area contributed by atoms with Crippen molar-refractivity contribution in [1.82, 2.24) is 0 Å². The van der Waals surface area contributed by atoms with E-state index in [0.29, 0.717) is 19.0 Å². The van der Waals surface area contributed by atoms with Crippen molar-refractivity contribution in [3.8, 4) is 5.75 Å². The molecule has 2 rings (SSSR count). The molecule has 4 heteroatoms. The first-order valence-corrected chi connectivity index (χ1v) is 6.77. The van der Waals surface area contributed by atoms with Crippen LogP contribution in [0.1, 0.15) is 12.0 Å². The Kier molecular flexibility index (Phi) is 5.35. The summed E-state index contributed by atoms with van der Waals surface area (Å²) in [6.07, 6.45) is 3.49. The summed E-state index contributed by atoms with van der Waals surface area (Å²) in [7, 11) is 1.65. The third kappa shape index (κ3) is 4.07. The van der Waals surface area contributed by atoms with Crippen LogP contribution < -0.4 is 4.74 Å². The maximum Gasteiger partial charge on any atom is 0.328 e. The molecule has 4 nitrogen and oxygen atoms in total. The standard InChI is InChI=1S/C17H18O4/c1-20-11-4-12-21-16-9-7-13-5-2-3-6-14(13)15(16)8-10-17(18)19/h2-3,5-10H,4,11-12H2,1H3,(H,18,19)/b10-8+. The van der Waals surface area contributed by atoms with Gasteiger partial charge in [-0.3, -0.25) is 0 Å². The molecular weight excluding hydrogens is 268 g/mol. The highest BCUT2D eigenvalue weighted by Gasteiger charge is 2.06. The number of carboxylic acids is 1. The van der Waals surface area contributed by atoms with Gasteiger partial charge >= 0.3 is 5.97 Å². The van der Waals surface area contributed by atoms with Crippen LogP contribution in [0.15, 0.2) is 42.5 Å². The molecule has 2 aromatic rings. The minimum atomic E-state index is -0.978. The molecule has 0 saturated carbocycles. The van der Waals surface area contributed by atoms with Crippen LogP contribution in [0.4, 0.5) is 0 Å². The van der Waals surface area contributed by atoms with Crippen molar-refractivity contribution in [2.45, 2.75) is 6.42 Å². The third-order valence-electron chi connectivity index (χ3n) is 3.07. The van der Waals surface area contributed by atoms with Crippen molar-refractivity contribution in [3.05, 3.63) is 48.0 Å². The molecule has 0 aliphatic carbocycles. The molecule has 0 saturated heterocycles. The van der Waals surface area contributed by atoms with Gasteiger partial charge in [0, 0.05) is 31.8 Å². The highest BCUT2D eigenvalue weighted by atomic mass is 16.5. The molecule has 0 radical (unpaired) electrons. The van der Waals surface area contributed by atoms with Gasteiger partial charge in [-0.2, -0.15) is 0 Å². The van der Waals surface area contributed by atoms with Gasteiger partial charge in [0.2, 0.25) is 0 Å². The van der Waals surface area contributed by atoms with Gasteiger partial charge in [0.15, 0.2) is 0 Å². The Bertz CT molecular complexity index is 646. The average Bonchev–Trinajstić information content (AvgIpc) is 2.49. The molecule has 0 spiro atoms. The SMILES string of the molecule is COCCCOc1ccc2ccccc2c1/C=C/C(=O)O. The van der Waals surface area contributed by atoms with Crippen LogP contribution in [0.3, 0.4) is 0 Å². The summed E-state index contributed by atoms with van der Waals surface area (Å²) in [6, 6.07) is 11.7. The lowest BCUT2D eigenvalue weighted by atomic mass is 10.0. The molecule has 0 aliphatic heterocycles. The molecule has 0 unspecified atom stereocenters. The maximum atomic E-state index is 10.8. The second-order valence-corrected chi connectivity index (χ2v) is 4.56. The smallest absolute Gasteiger partial charge is 0.328 e. The van der Waals surface area contributed by atoms with Crippen molar-refractivity contribution in [2.24, 2.45) is 0 Å². The maximum absolute atomic E-state index is 10.8. The van der Waals surface area contributed by atoms with E-state index in [2.05, 4.69) is 0 Å². The Balaban J connectivity index is 2.34. The van der Waals surface area contributed by atoms with E-state index in [1.807, 2.05) is 36.4 Å². The van der Waals surface area contributed by atoms with Crippen molar-refractivity contribution in [3.63, 3.8) is 0 Å². The van der Waals surface area contributed by atoms with E-state index in [1.54, 1.807) is 13.2 Å².